The molecule has 3 N–H and O–H groups in total. The van der Waals surface area contributed by atoms with Crippen LogP contribution in [0.15, 0.2) is 16.4 Å². The number of nitrogens with zero attached hydrogens (tertiary/aromatic N) is 2. The lowest BCUT2D eigenvalue weighted by Gasteiger charge is -2.48. The Hall–Kier alpha value is -2.76. The lowest BCUT2D eigenvalue weighted by Crippen LogP contribution is -2.70. The summed E-state index contributed by atoms with van der Waals surface area (Å²) < 4.78 is 5.28. The number of fused-ring (bicyclic) bond motifs is 1. The van der Waals surface area contributed by atoms with Gasteiger partial charge in [-0.1, -0.05) is 5.16 Å². The van der Waals surface area contributed by atoms with Crippen LogP contribution >= 0.6 is 11.8 Å². The highest BCUT2D eigenvalue weighted by atomic mass is 32.2. The Morgan fingerprint density at radius 3 is 2.64 bits per heavy atom. The van der Waals surface area contributed by atoms with E-state index in [0.29, 0.717) is 0 Å². The third-order valence-corrected chi connectivity index (χ3v) is 5.82. The first-order valence-corrected chi connectivity index (χ1v) is 9.68. The number of carbonyl (C=O) groups is 4. The molecule has 1 saturated heterocycles. The van der Waals surface area contributed by atoms with Crippen LogP contribution in [-0.2, 0) is 24.0 Å². The number of nitrogens with one attached hydrogen (secondary N) is 1. The summed E-state index contributed by atoms with van der Waals surface area (Å²) in [5.41, 5.74) is -0.0573. The van der Waals surface area contributed by atoms with E-state index in [9.17, 15) is 24.3 Å². The summed E-state index contributed by atoms with van der Waals surface area (Å²) in [6.45, 7) is -0.667. The molecule has 152 valence electrons. The second kappa shape index (κ2) is 8.50. The molecule has 0 aromatic carbocycles. The van der Waals surface area contributed by atoms with Crippen molar-refractivity contribution in [2.24, 2.45) is 5.16 Å². The number of hydrogen-bond donors (Lipinski definition) is 3. The second-order valence-electron chi connectivity index (χ2n) is 6.42. The van der Waals surface area contributed by atoms with E-state index in [1.807, 2.05) is 0 Å². The molecule has 0 radical (unpaired) electrons. The molecule has 0 aromatic heterocycles. The zero-order valence-electron chi connectivity index (χ0n) is 14.7. The number of alkyl carbamates (subject to hydrolysis) is 1. The highest BCUT2D eigenvalue weighted by molar-refractivity contribution is 8.00. The van der Waals surface area contributed by atoms with Crippen LogP contribution in [0.2, 0.25) is 0 Å². The molecule has 11 nitrogen and oxygen atoms in total. The van der Waals surface area contributed by atoms with Gasteiger partial charge in [0, 0.05) is 11.3 Å². The molecule has 0 aromatic rings. The van der Waals surface area contributed by atoms with E-state index >= 15 is 0 Å². The number of amides is 2. The number of carboxylic acids is 2. The Morgan fingerprint density at radius 2 is 2.00 bits per heavy atom. The minimum atomic E-state index is -1.33. The van der Waals surface area contributed by atoms with E-state index < -0.39 is 42.0 Å². The third kappa shape index (κ3) is 4.21. The molecular weight excluding hydrogens is 394 g/mol. The summed E-state index contributed by atoms with van der Waals surface area (Å²) in [7, 11) is 0. The molecule has 0 bridgehead atoms. The lowest BCUT2D eigenvalue weighted by molar-refractivity contribution is -0.148. The molecule has 2 aliphatic heterocycles. The SMILES string of the molecule is O=C(O)CO/N=C/C1=C(C(=O)O)N2C(=O)[C@@H](NC(=O)OC3CCCC3)[C@H]2SC1. The predicted octanol–water partition coefficient (Wildman–Crippen LogP) is 0.365. The molecule has 1 saturated carbocycles. The Labute approximate surface area is 163 Å². The number of hydrogen-bond acceptors (Lipinski definition) is 8. The van der Waals surface area contributed by atoms with Crippen molar-refractivity contribution >= 4 is 41.9 Å². The van der Waals surface area contributed by atoms with Crippen LogP contribution in [0.5, 0.6) is 0 Å². The van der Waals surface area contributed by atoms with Crippen LogP contribution in [-0.4, -0.2) is 75.1 Å². The first-order valence-electron chi connectivity index (χ1n) is 8.64. The Morgan fingerprint density at radius 1 is 1.29 bits per heavy atom. The van der Waals surface area contributed by atoms with Crippen LogP contribution in [0.3, 0.4) is 0 Å². The van der Waals surface area contributed by atoms with Crippen LogP contribution in [0.25, 0.3) is 0 Å². The van der Waals surface area contributed by atoms with Gasteiger partial charge in [0.05, 0.1) is 6.21 Å². The highest BCUT2D eigenvalue weighted by Gasteiger charge is 2.54. The van der Waals surface area contributed by atoms with Crippen molar-refractivity contribution in [1.82, 2.24) is 10.2 Å². The summed E-state index contributed by atoms with van der Waals surface area (Å²) in [6.07, 6.45) is 3.86. The van der Waals surface area contributed by atoms with Gasteiger partial charge in [-0.15, -0.1) is 11.8 Å². The van der Waals surface area contributed by atoms with Crippen molar-refractivity contribution in [3.05, 3.63) is 11.3 Å². The lowest BCUT2D eigenvalue weighted by atomic mass is 10.0. The monoisotopic (exact) mass is 413 g/mol. The van der Waals surface area contributed by atoms with Gasteiger partial charge in [0.15, 0.2) is 0 Å². The molecule has 12 heteroatoms. The number of carbonyl (C=O) groups excluding carboxylic acids is 2. The second-order valence-corrected chi connectivity index (χ2v) is 7.53. The summed E-state index contributed by atoms with van der Waals surface area (Å²) in [5, 5.41) is 23.4. The number of ether oxygens (including phenoxy) is 1. The fraction of sp³-hybridized carbons (Fsp3) is 0.562. The maximum Gasteiger partial charge on any atom is 0.408 e. The Balaban J connectivity index is 1.64. The van der Waals surface area contributed by atoms with Gasteiger partial charge in [-0.05, 0) is 25.7 Å². The van der Waals surface area contributed by atoms with E-state index in [4.69, 9.17) is 9.84 Å². The van der Waals surface area contributed by atoms with Gasteiger partial charge in [0.1, 0.15) is 23.2 Å². The standard InChI is InChI=1S/C16H19N3O8S/c20-10(21)6-26-17-5-8-7-28-14-11(13(22)19(14)12(8)15(23)24)18-16(25)27-9-3-1-2-4-9/h5,9,11,14H,1-4,6-7H2,(H,18,25)(H,20,21)(H,23,24)/b17-5+/t11-,14-/m1/s1. The molecule has 0 unspecified atom stereocenters. The molecule has 3 rings (SSSR count). The largest absolute Gasteiger partial charge is 0.479 e. The number of thioether (sulfide) groups is 1. The van der Waals surface area contributed by atoms with E-state index in [1.54, 1.807) is 0 Å². The van der Waals surface area contributed by atoms with Gasteiger partial charge in [0.2, 0.25) is 6.61 Å². The zero-order chi connectivity index (χ0) is 20.3. The molecule has 3 aliphatic rings. The number of oxime groups is 1. The maximum atomic E-state index is 12.4. The van der Waals surface area contributed by atoms with Gasteiger partial charge in [-0.25, -0.2) is 14.4 Å². The van der Waals surface area contributed by atoms with Crippen molar-refractivity contribution < 1.29 is 39.0 Å². The predicted molar refractivity (Wildman–Crippen MR) is 95.5 cm³/mol. The average molecular weight is 413 g/mol. The van der Waals surface area contributed by atoms with Crippen molar-refractivity contribution in [1.29, 1.82) is 0 Å². The Kier molecular flexibility index (Phi) is 6.07. The van der Waals surface area contributed by atoms with Crippen LogP contribution in [0, 0.1) is 0 Å². The third-order valence-electron chi connectivity index (χ3n) is 4.52. The van der Waals surface area contributed by atoms with Crippen molar-refractivity contribution in [2.45, 2.75) is 43.2 Å². The molecule has 2 atom stereocenters. The van der Waals surface area contributed by atoms with Gasteiger partial charge in [0.25, 0.3) is 5.91 Å². The Bertz CT molecular complexity index is 746. The molecule has 1 aliphatic carbocycles. The van der Waals surface area contributed by atoms with Crippen LogP contribution in [0.1, 0.15) is 25.7 Å². The number of β-lactam (4-membered cyclic amide) rings is 1. The van der Waals surface area contributed by atoms with E-state index in [0.717, 1.165) is 36.8 Å². The van der Waals surface area contributed by atoms with E-state index in [1.165, 1.54) is 11.8 Å². The van der Waals surface area contributed by atoms with Gasteiger partial charge in [-0.3, -0.25) is 9.69 Å². The summed E-state index contributed by atoms with van der Waals surface area (Å²) in [6, 6.07) is -0.866. The average Bonchev–Trinajstić information content (AvgIpc) is 3.15. The molecule has 2 fully saturated rings. The van der Waals surface area contributed by atoms with Crippen molar-refractivity contribution in [3.8, 4) is 0 Å². The quantitative estimate of drug-likeness (QED) is 0.305. The minimum Gasteiger partial charge on any atom is -0.479 e. The van der Waals surface area contributed by atoms with E-state index in [2.05, 4.69) is 15.3 Å². The molecule has 2 amide bonds. The molecule has 2 heterocycles. The molecular formula is C16H19N3O8S. The van der Waals surface area contributed by atoms with Gasteiger partial charge >= 0.3 is 18.0 Å². The molecule has 0 spiro atoms. The minimum absolute atomic E-state index is 0.145. The highest BCUT2D eigenvalue weighted by Crippen LogP contribution is 2.40. The fourth-order valence-electron chi connectivity index (χ4n) is 3.25. The first kappa shape index (κ1) is 20.0. The number of aliphatic carboxylic acids is 2. The molecule has 28 heavy (non-hydrogen) atoms. The maximum absolute atomic E-state index is 12.4. The van der Waals surface area contributed by atoms with Crippen LogP contribution in [0.4, 0.5) is 4.79 Å². The van der Waals surface area contributed by atoms with Crippen molar-refractivity contribution in [2.75, 3.05) is 12.4 Å². The van der Waals surface area contributed by atoms with Crippen LogP contribution < -0.4 is 5.32 Å². The summed E-state index contributed by atoms with van der Waals surface area (Å²) in [5.74, 6) is -2.91. The number of rotatable bonds is 7. The normalized spacial score (nSPS) is 24.7. The van der Waals surface area contributed by atoms with Crippen molar-refractivity contribution in [3.63, 3.8) is 0 Å². The smallest absolute Gasteiger partial charge is 0.408 e. The summed E-state index contributed by atoms with van der Waals surface area (Å²) >= 11 is 1.25. The topological polar surface area (TPSA) is 155 Å². The number of carboxylic acid groups (broad SMARTS) is 2. The first-order chi connectivity index (χ1) is 13.4. The van der Waals surface area contributed by atoms with Gasteiger partial charge in [-0.2, -0.15) is 0 Å². The summed E-state index contributed by atoms with van der Waals surface area (Å²) in [4.78, 5) is 52.1. The van der Waals surface area contributed by atoms with Gasteiger partial charge < -0.3 is 25.1 Å². The fourth-order valence-corrected chi connectivity index (χ4v) is 4.55. The zero-order valence-corrected chi connectivity index (χ0v) is 15.5. The van der Waals surface area contributed by atoms with E-state index in [-0.39, 0.29) is 23.1 Å².